The smallest absolute Gasteiger partial charge is 0.328 e. The lowest BCUT2D eigenvalue weighted by Crippen LogP contribution is -2.38. The van der Waals surface area contributed by atoms with E-state index in [1.54, 1.807) is 10.9 Å². The van der Waals surface area contributed by atoms with Crippen molar-refractivity contribution in [2.45, 2.75) is 6.54 Å². The maximum absolute atomic E-state index is 11.1. The number of amides is 3. The van der Waals surface area contributed by atoms with Gasteiger partial charge < -0.3 is 10.4 Å². The fourth-order valence-electron chi connectivity index (χ4n) is 0.840. The highest BCUT2D eigenvalue weighted by atomic mass is 32.1. The number of hydrogen-bond donors (Lipinski definition) is 3. The van der Waals surface area contributed by atoms with E-state index in [-0.39, 0.29) is 6.54 Å². The predicted octanol–water partition coefficient (Wildman–Crippen LogP) is 0.110. The number of imide groups is 1. The third-order valence-electron chi connectivity index (χ3n) is 1.53. The van der Waals surface area contributed by atoms with Crippen LogP contribution in [-0.4, -0.2) is 28.0 Å². The Morgan fingerprint density at radius 3 is 2.76 bits per heavy atom. The highest BCUT2D eigenvalue weighted by Crippen LogP contribution is 1.99. The summed E-state index contributed by atoms with van der Waals surface area (Å²) >= 11 is 1.39. The molecular weight excluding hydrogens is 246 g/mol. The minimum atomic E-state index is -1.26. The molecule has 0 unspecified atom stereocenters. The molecule has 7 nitrogen and oxygen atoms in total. The SMILES string of the molecule is O=C(O)C=CC(=O)NC(=O)NCc1cscn1. The van der Waals surface area contributed by atoms with Crippen molar-refractivity contribution in [1.29, 1.82) is 0 Å². The number of carbonyl (C=O) groups excluding carboxylic acids is 2. The number of urea groups is 1. The maximum Gasteiger partial charge on any atom is 0.328 e. The van der Waals surface area contributed by atoms with Crippen molar-refractivity contribution >= 4 is 29.2 Å². The van der Waals surface area contributed by atoms with E-state index in [4.69, 9.17) is 5.11 Å². The molecule has 0 fully saturated rings. The first kappa shape index (κ1) is 12.8. The zero-order chi connectivity index (χ0) is 12.7. The number of thiazole rings is 1. The standard InChI is InChI=1S/C9H9N3O4S/c13-7(1-2-8(14)15)12-9(16)10-3-6-4-17-5-11-6/h1-2,4-5H,3H2,(H,14,15)(H2,10,12,13,16). The largest absolute Gasteiger partial charge is 0.478 e. The summed E-state index contributed by atoms with van der Waals surface area (Å²) < 4.78 is 0. The van der Waals surface area contributed by atoms with E-state index in [0.29, 0.717) is 11.8 Å². The number of carbonyl (C=O) groups is 3. The van der Waals surface area contributed by atoms with Crippen LogP contribution < -0.4 is 10.6 Å². The third kappa shape index (κ3) is 5.42. The molecule has 1 aromatic heterocycles. The number of carboxylic acid groups (broad SMARTS) is 1. The van der Waals surface area contributed by atoms with E-state index < -0.39 is 17.9 Å². The van der Waals surface area contributed by atoms with E-state index in [2.05, 4.69) is 10.3 Å². The number of nitrogens with one attached hydrogen (secondary N) is 2. The summed E-state index contributed by atoms with van der Waals surface area (Å²) in [5.41, 5.74) is 2.30. The van der Waals surface area contributed by atoms with Gasteiger partial charge in [-0.15, -0.1) is 11.3 Å². The van der Waals surface area contributed by atoms with Crippen LogP contribution in [0.5, 0.6) is 0 Å². The topological polar surface area (TPSA) is 108 Å². The zero-order valence-electron chi connectivity index (χ0n) is 8.54. The lowest BCUT2D eigenvalue weighted by Gasteiger charge is -2.02. The van der Waals surface area contributed by atoms with Crippen molar-refractivity contribution in [2.24, 2.45) is 0 Å². The van der Waals surface area contributed by atoms with Crippen molar-refractivity contribution < 1.29 is 19.5 Å². The quantitative estimate of drug-likeness (QED) is 0.662. The first-order chi connectivity index (χ1) is 8.08. The molecule has 0 bridgehead atoms. The van der Waals surface area contributed by atoms with Gasteiger partial charge in [-0.05, 0) is 0 Å². The van der Waals surface area contributed by atoms with Gasteiger partial charge in [-0.3, -0.25) is 10.1 Å². The Kier molecular flexibility index (Phi) is 4.82. The Hall–Kier alpha value is -2.22. The summed E-state index contributed by atoms with van der Waals surface area (Å²) in [4.78, 5) is 36.2. The summed E-state index contributed by atoms with van der Waals surface area (Å²) in [6, 6.07) is -0.710. The number of carboxylic acids is 1. The van der Waals surface area contributed by atoms with Gasteiger partial charge in [-0.2, -0.15) is 0 Å². The second-order valence-electron chi connectivity index (χ2n) is 2.82. The molecule has 90 valence electrons. The molecule has 0 atom stereocenters. The van der Waals surface area contributed by atoms with Crippen molar-refractivity contribution in [3.8, 4) is 0 Å². The fourth-order valence-corrected chi connectivity index (χ4v) is 1.40. The second kappa shape index (κ2) is 6.38. The molecule has 0 aliphatic rings. The number of nitrogens with zero attached hydrogens (tertiary/aromatic N) is 1. The van der Waals surface area contributed by atoms with Gasteiger partial charge in [0.05, 0.1) is 17.7 Å². The van der Waals surface area contributed by atoms with Gasteiger partial charge >= 0.3 is 12.0 Å². The third-order valence-corrected chi connectivity index (χ3v) is 2.16. The van der Waals surface area contributed by atoms with Gasteiger partial charge in [0, 0.05) is 17.5 Å². The van der Waals surface area contributed by atoms with E-state index in [0.717, 1.165) is 6.08 Å². The van der Waals surface area contributed by atoms with E-state index in [1.165, 1.54) is 11.3 Å². The summed E-state index contributed by atoms with van der Waals surface area (Å²) in [7, 11) is 0. The van der Waals surface area contributed by atoms with Crippen molar-refractivity contribution in [2.75, 3.05) is 0 Å². The van der Waals surface area contributed by atoms with Crippen LogP contribution in [-0.2, 0) is 16.1 Å². The molecule has 17 heavy (non-hydrogen) atoms. The van der Waals surface area contributed by atoms with Crippen LogP contribution >= 0.6 is 11.3 Å². The average molecular weight is 255 g/mol. The van der Waals surface area contributed by atoms with Crippen LogP contribution in [0.1, 0.15) is 5.69 Å². The zero-order valence-corrected chi connectivity index (χ0v) is 9.36. The molecule has 0 aromatic carbocycles. The molecular formula is C9H9N3O4S. The summed E-state index contributed by atoms with van der Waals surface area (Å²) in [6.45, 7) is 0.200. The van der Waals surface area contributed by atoms with Crippen molar-refractivity contribution in [1.82, 2.24) is 15.6 Å². The normalized spacial score (nSPS) is 10.1. The number of rotatable bonds is 4. The minimum absolute atomic E-state index is 0.200. The molecule has 3 amide bonds. The van der Waals surface area contributed by atoms with E-state index >= 15 is 0 Å². The van der Waals surface area contributed by atoms with Crippen molar-refractivity contribution in [3.05, 3.63) is 28.7 Å². The molecule has 1 rings (SSSR count). The van der Waals surface area contributed by atoms with E-state index in [9.17, 15) is 14.4 Å². The van der Waals surface area contributed by atoms with Crippen LogP contribution in [0.4, 0.5) is 4.79 Å². The van der Waals surface area contributed by atoms with Gasteiger partial charge in [0.15, 0.2) is 0 Å². The molecule has 0 saturated carbocycles. The monoisotopic (exact) mass is 255 g/mol. The summed E-state index contributed by atoms with van der Waals surface area (Å²) in [5, 5.41) is 14.3. The van der Waals surface area contributed by atoms with Crippen molar-refractivity contribution in [3.63, 3.8) is 0 Å². The van der Waals surface area contributed by atoms with Gasteiger partial charge in [0.1, 0.15) is 0 Å². The van der Waals surface area contributed by atoms with Gasteiger partial charge in [0.2, 0.25) is 0 Å². The Morgan fingerprint density at radius 2 is 2.18 bits per heavy atom. The molecule has 0 saturated heterocycles. The highest BCUT2D eigenvalue weighted by Gasteiger charge is 2.05. The number of hydrogen-bond acceptors (Lipinski definition) is 5. The van der Waals surface area contributed by atoms with Gasteiger partial charge in [-0.25, -0.2) is 14.6 Å². The van der Waals surface area contributed by atoms with Gasteiger partial charge in [0.25, 0.3) is 5.91 Å². The molecule has 0 aliphatic carbocycles. The lowest BCUT2D eigenvalue weighted by molar-refractivity contribution is -0.131. The average Bonchev–Trinajstić information content (AvgIpc) is 2.76. The van der Waals surface area contributed by atoms with Crippen LogP contribution in [0.15, 0.2) is 23.0 Å². The lowest BCUT2D eigenvalue weighted by atomic mass is 10.4. The molecule has 3 N–H and O–H groups in total. The van der Waals surface area contributed by atoms with Crippen LogP contribution in [0.3, 0.4) is 0 Å². The molecule has 0 aliphatic heterocycles. The number of aromatic nitrogens is 1. The van der Waals surface area contributed by atoms with Crippen LogP contribution in [0, 0.1) is 0 Å². The number of aliphatic carboxylic acids is 1. The van der Waals surface area contributed by atoms with Crippen LogP contribution in [0.2, 0.25) is 0 Å². The summed E-state index contributed by atoms with van der Waals surface area (Å²) in [5.74, 6) is -2.06. The summed E-state index contributed by atoms with van der Waals surface area (Å²) in [6.07, 6.45) is 1.40. The second-order valence-corrected chi connectivity index (χ2v) is 3.54. The molecule has 8 heteroatoms. The molecule has 1 heterocycles. The predicted molar refractivity (Wildman–Crippen MR) is 59.3 cm³/mol. The Bertz CT molecular complexity index is 441. The molecule has 1 aromatic rings. The molecule has 0 radical (unpaired) electrons. The Morgan fingerprint density at radius 1 is 1.41 bits per heavy atom. The van der Waals surface area contributed by atoms with Crippen LogP contribution in [0.25, 0.3) is 0 Å². The molecule has 0 spiro atoms. The Balaban J connectivity index is 2.29. The first-order valence-corrected chi connectivity index (χ1v) is 5.39. The Labute approximate surface area is 100 Å². The highest BCUT2D eigenvalue weighted by molar-refractivity contribution is 7.07. The fraction of sp³-hybridized carbons (Fsp3) is 0.111. The first-order valence-electron chi connectivity index (χ1n) is 4.45. The van der Waals surface area contributed by atoms with E-state index in [1.807, 2.05) is 5.32 Å². The minimum Gasteiger partial charge on any atom is -0.478 e. The maximum atomic E-state index is 11.1. The van der Waals surface area contributed by atoms with Gasteiger partial charge in [-0.1, -0.05) is 0 Å².